The third kappa shape index (κ3) is 4.33. The van der Waals surface area contributed by atoms with Crippen molar-refractivity contribution in [2.75, 3.05) is 13.7 Å². The summed E-state index contributed by atoms with van der Waals surface area (Å²) in [5.41, 5.74) is -1.71. The van der Waals surface area contributed by atoms with Crippen LogP contribution in [0.1, 0.15) is 26.2 Å². The van der Waals surface area contributed by atoms with Crippen LogP contribution in [0.3, 0.4) is 0 Å². The fourth-order valence-electron chi connectivity index (χ4n) is 2.41. The van der Waals surface area contributed by atoms with Crippen LogP contribution in [0.4, 0.5) is 0 Å². The number of aromatic nitrogens is 3. The lowest BCUT2D eigenvalue weighted by Gasteiger charge is -2.15. The van der Waals surface area contributed by atoms with E-state index in [1.54, 1.807) is 13.2 Å². The van der Waals surface area contributed by atoms with Crippen molar-refractivity contribution in [3.8, 4) is 0 Å². The zero-order valence-corrected chi connectivity index (χ0v) is 14.3. The van der Waals surface area contributed by atoms with Crippen molar-refractivity contribution in [2.45, 2.75) is 58.0 Å². The Bertz CT molecular complexity index is 742. The maximum absolute atomic E-state index is 12.6. The molecule has 0 saturated carbocycles. The van der Waals surface area contributed by atoms with Crippen LogP contribution >= 0.6 is 0 Å². The second-order valence-corrected chi connectivity index (χ2v) is 5.96. The Labute approximate surface area is 139 Å². The summed E-state index contributed by atoms with van der Waals surface area (Å²) >= 11 is 0. The summed E-state index contributed by atoms with van der Waals surface area (Å²) in [6.45, 7) is 6.80. The van der Waals surface area contributed by atoms with Crippen molar-refractivity contribution in [3.05, 3.63) is 44.1 Å². The molecule has 2 unspecified atom stereocenters. The van der Waals surface area contributed by atoms with Gasteiger partial charge in [0.25, 0.3) is 0 Å². The van der Waals surface area contributed by atoms with Gasteiger partial charge in [-0.15, -0.1) is 6.58 Å². The van der Waals surface area contributed by atoms with Gasteiger partial charge in [0.05, 0.1) is 18.8 Å². The largest absolute Gasteiger partial charge is 0.382 e. The van der Waals surface area contributed by atoms with Gasteiger partial charge >= 0.3 is 17.1 Å². The van der Waals surface area contributed by atoms with Gasteiger partial charge in [-0.3, -0.25) is 0 Å². The summed E-state index contributed by atoms with van der Waals surface area (Å²) < 4.78 is 13.6. The van der Waals surface area contributed by atoms with Crippen LogP contribution in [0.25, 0.3) is 0 Å². The van der Waals surface area contributed by atoms with E-state index in [0.717, 1.165) is 13.7 Å². The highest BCUT2D eigenvalue weighted by molar-refractivity contribution is 4.82. The number of methoxy groups -OCH3 is 1. The van der Waals surface area contributed by atoms with Crippen molar-refractivity contribution in [1.29, 1.82) is 0 Å². The summed E-state index contributed by atoms with van der Waals surface area (Å²) in [5, 5.41) is 0. The highest BCUT2D eigenvalue weighted by Crippen LogP contribution is 2.13. The first-order valence-electron chi connectivity index (χ1n) is 8.19. The predicted molar refractivity (Wildman–Crippen MR) is 89.5 cm³/mol. The van der Waals surface area contributed by atoms with Crippen molar-refractivity contribution < 1.29 is 9.47 Å². The van der Waals surface area contributed by atoms with E-state index in [-0.39, 0.29) is 31.8 Å². The Morgan fingerprint density at radius 1 is 1.17 bits per heavy atom. The predicted octanol–water partition coefficient (Wildman–Crippen LogP) is -0.0383. The quantitative estimate of drug-likeness (QED) is 0.441. The molecule has 2 atom stereocenters. The number of rotatable bonds is 10. The molecule has 0 spiro atoms. The van der Waals surface area contributed by atoms with Gasteiger partial charge in [-0.2, -0.15) is 0 Å². The first-order chi connectivity index (χ1) is 11.5. The van der Waals surface area contributed by atoms with E-state index in [4.69, 9.17) is 9.47 Å². The summed E-state index contributed by atoms with van der Waals surface area (Å²) in [6.07, 6.45) is 3.23. The van der Waals surface area contributed by atoms with E-state index in [2.05, 4.69) is 6.58 Å². The van der Waals surface area contributed by atoms with Gasteiger partial charge in [0.2, 0.25) is 0 Å². The molecule has 1 aliphatic rings. The summed E-state index contributed by atoms with van der Waals surface area (Å²) in [5.74, 6) is 0. The molecule has 2 rings (SSSR count). The molecule has 1 fully saturated rings. The standard InChI is InChI=1S/C16H25N3O5/c1-4-5-8-17-14(20)18(9-6-12(2)23-3)16(22)19(15(17)21)10-7-13-11-24-13/h4,12-13H,1,5-11H2,2-3H3. The third-order valence-electron chi connectivity index (χ3n) is 4.18. The Kier molecular flexibility index (Phi) is 6.33. The Morgan fingerprint density at radius 3 is 2.21 bits per heavy atom. The van der Waals surface area contributed by atoms with Gasteiger partial charge in [0.15, 0.2) is 0 Å². The first kappa shape index (κ1) is 18.4. The third-order valence-corrected chi connectivity index (χ3v) is 4.18. The van der Waals surface area contributed by atoms with E-state index in [0.29, 0.717) is 25.9 Å². The lowest BCUT2D eigenvalue weighted by molar-refractivity contribution is 0.105. The molecule has 0 bridgehead atoms. The van der Waals surface area contributed by atoms with Crippen LogP contribution in [0, 0.1) is 0 Å². The highest BCUT2D eigenvalue weighted by Gasteiger charge is 2.23. The van der Waals surface area contributed by atoms with Crippen LogP contribution in [0.15, 0.2) is 27.0 Å². The normalized spacial score (nSPS) is 17.7. The molecule has 0 aliphatic carbocycles. The van der Waals surface area contributed by atoms with Gasteiger partial charge < -0.3 is 9.47 Å². The van der Waals surface area contributed by atoms with E-state index in [1.807, 2.05) is 6.92 Å². The van der Waals surface area contributed by atoms with E-state index in [9.17, 15) is 14.4 Å². The first-order valence-corrected chi connectivity index (χ1v) is 8.19. The second kappa shape index (κ2) is 8.25. The fraction of sp³-hybridized carbons (Fsp3) is 0.688. The van der Waals surface area contributed by atoms with Crippen LogP contribution in [0.5, 0.6) is 0 Å². The lowest BCUT2D eigenvalue weighted by Crippen LogP contribution is -2.54. The number of nitrogens with zero attached hydrogens (tertiary/aromatic N) is 3. The highest BCUT2D eigenvalue weighted by atomic mass is 16.6. The van der Waals surface area contributed by atoms with Crippen LogP contribution in [-0.4, -0.2) is 39.6 Å². The molecule has 1 aromatic rings. The van der Waals surface area contributed by atoms with Gasteiger partial charge in [0, 0.05) is 26.7 Å². The maximum Gasteiger partial charge on any atom is 0.336 e. The molecule has 0 N–H and O–H groups in total. The minimum atomic E-state index is -0.575. The number of hydrogen-bond donors (Lipinski definition) is 0. The molecule has 0 radical (unpaired) electrons. The minimum Gasteiger partial charge on any atom is -0.382 e. The Hall–Kier alpha value is -1.93. The minimum absolute atomic E-state index is 0.0850. The molecule has 0 aromatic carbocycles. The van der Waals surface area contributed by atoms with Crippen molar-refractivity contribution in [2.24, 2.45) is 0 Å². The van der Waals surface area contributed by atoms with Gasteiger partial charge in [-0.25, -0.2) is 28.1 Å². The number of ether oxygens (including phenoxy) is 2. The molecule has 1 saturated heterocycles. The van der Waals surface area contributed by atoms with Gasteiger partial charge in [0.1, 0.15) is 0 Å². The average Bonchev–Trinajstić information content (AvgIpc) is 3.38. The maximum atomic E-state index is 12.6. The number of allylic oxidation sites excluding steroid dienone is 1. The second-order valence-electron chi connectivity index (χ2n) is 5.96. The molecule has 8 nitrogen and oxygen atoms in total. The molecule has 134 valence electrons. The van der Waals surface area contributed by atoms with Crippen molar-refractivity contribution in [1.82, 2.24) is 13.7 Å². The SMILES string of the molecule is C=CCCn1c(=O)n(CCC(C)OC)c(=O)n(CCC2CO2)c1=O. The van der Waals surface area contributed by atoms with E-state index < -0.39 is 17.1 Å². The van der Waals surface area contributed by atoms with Crippen LogP contribution < -0.4 is 17.1 Å². The fourth-order valence-corrected chi connectivity index (χ4v) is 2.41. The lowest BCUT2D eigenvalue weighted by atomic mass is 10.3. The summed E-state index contributed by atoms with van der Waals surface area (Å²) in [7, 11) is 1.58. The topological polar surface area (TPSA) is 87.8 Å². The van der Waals surface area contributed by atoms with Crippen molar-refractivity contribution >= 4 is 0 Å². The van der Waals surface area contributed by atoms with Crippen molar-refractivity contribution in [3.63, 3.8) is 0 Å². The summed E-state index contributed by atoms with van der Waals surface area (Å²) in [6, 6.07) is 0. The molecule has 8 heteroatoms. The van der Waals surface area contributed by atoms with Crippen LogP contribution in [-0.2, 0) is 29.1 Å². The van der Waals surface area contributed by atoms with Crippen LogP contribution in [0.2, 0.25) is 0 Å². The molecule has 2 heterocycles. The monoisotopic (exact) mass is 339 g/mol. The van der Waals surface area contributed by atoms with Gasteiger partial charge in [-0.05, 0) is 26.2 Å². The average molecular weight is 339 g/mol. The van der Waals surface area contributed by atoms with E-state index >= 15 is 0 Å². The Morgan fingerprint density at radius 2 is 1.71 bits per heavy atom. The molecule has 1 aliphatic heterocycles. The molecule has 24 heavy (non-hydrogen) atoms. The summed E-state index contributed by atoms with van der Waals surface area (Å²) in [4.78, 5) is 37.6. The molecule has 0 amide bonds. The number of epoxide rings is 1. The van der Waals surface area contributed by atoms with E-state index in [1.165, 1.54) is 0 Å². The number of hydrogen-bond acceptors (Lipinski definition) is 5. The Balaban J connectivity index is 2.40. The molecule has 1 aromatic heterocycles. The molecular formula is C16H25N3O5. The zero-order chi connectivity index (χ0) is 17.7. The smallest absolute Gasteiger partial charge is 0.336 e. The molecular weight excluding hydrogens is 314 g/mol. The van der Waals surface area contributed by atoms with Gasteiger partial charge in [-0.1, -0.05) is 6.08 Å². The zero-order valence-electron chi connectivity index (χ0n) is 14.3.